The van der Waals surface area contributed by atoms with E-state index in [4.69, 9.17) is 11.6 Å². The van der Waals surface area contributed by atoms with Crippen molar-refractivity contribution in [1.82, 2.24) is 10.2 Å². The highest BCUT2D eigenvalue weighted by Gasteiger charge is 2.14. The molecule has 0 atom stereocenters. The van der Waals surface area contributed by atoms with Crippen LogP contribution in [0.3, 0.4) is 0 Å². The van der Waals surface area contributed by atoms with E-state index in [0.29, 0.717) is 24.7 Å². The first-order chi connectivity index (χ1) is 12.7. The van der Waals surface area contributed by atoms with Crippen molar-refractivity contribution >= 4 is 17.6 Å². The van der Waals surface area contributed by atoms with Gasteiger partial charge in [-0.15, -0.1) is 0 Å². The van der Waals surface area contributed by atoms with Crippen LogP contribution in [-0.4, -0.2) is 10.9 Å². The molecule has 0 saturated heterocycles. The van der Waals surface area contributed by atoms with E-state index in [2.05, 4.69) is 5.32 Å². The van der Waals surface area contributed by atoms with Gasteiger partial charge in [0.2, 0.25) is 0 Å². The Kier molecular flexibility index (Phi) is 6.29. The van der Waals surface area contributed by atoms with E-state index in [1.807, 2.05) is 89.8 Å². The summed E-state index contributed by atoms with van der Waals surface area (Å²) in [6.45, 7) is 1.55. The Bertz CT molecular complexity index is 796. The van der Waals surface area contributed by atoms with E-state index in [-0.39, 0.29) is 6.03 Å². The van der Waals surface area contributed by atoms with Gasteiger partial charge in [0.15, 0.2) is 0 Å². The van der Waals surface area contributed by atoms with Gasteiger partial charge in [-0.05, 0) is 28.8 Å². The molecule has 0 radical (unpaired) electrons. The third-order valence-corrected chi connectivity index (χ3v) is 4.29. The zero-order valence-electron chi connectivity index (χ0n) is 14.4. The second-order valence-corrected chi connectivity index (χ2v) is 6.55. The van der Waals surface area contributed by atoms with Gasteiger partial charge >= 0.3 is 6.03 Å². The molecule has 0 aromatic heterocycles. The summed E-state index contributed by atoms with van der Waals surface area (Å²) in [6.07, 6.45) is 0. The van der Waals surface area contributed by atoms with Crippen LogP contribution in [0.2, 0.25) is 5.02 Å². The average molecular weight is 365 g/mol. The standard InChI is InChI=1S/C22H21ClN2O/c23-21-13-7-12-20(14-21)15-24-22(26)25(16-18-8-3-1-4-9-18)17-19-10-5-2-6-11-19/h1-14H,15-17H2,(H,24,26). The number of halogens is 1. The number of urea groups is 1. The van der Waals surface area contributed by atoms with Crippen LogP contribution in [0.15, 0.2) is 84.9 Å². The Labute approximate surface area is 159 Å². The van der Waals surface area contributed by atoms with Gasteiger partial charge in [-0.2, -0.15) is 0 Å². The highest BCUT2D eigenvalue weighted by Crippen LogP contribution is 2.12. The highest BCUT2D eigenvalue weighted by atomic mass is 35.5. The Hall–Kier alpha value is -2.78. The summed E-state index contributed by atoms with van der Waals surface area (Å²) in [6, 6.07) is 27.4. The smallest absolute Gasteiger partial charge is 0.318 e. The molecule has 2 amide bonds. The number of amides is 2. The number of nitrogens with one attached hydrogen (secondary N) is 1. The van der Waals surface area contributed by atoms with E-state index < -0.39 is 0 Å². The first kappa shape index (κ1) is 18.0. The van der Waals surface area contributed by atoms with Crippen molar-refractivity contribution in [3.8, 4) is 0 Å². The summed E-state index contributed by atoms with van der Waals surface area (Å²) in [7, 11) is 0. The van der Waals surface area contributed by atoms with Crippen molar-refractivity contribution < 1.29 is 4.79 Å². The molecule has 3 rings (SSSR count). The zero-order valence-corrected chi connectivity index (χ0v) is 15.2. The van der Waals surface area contributed by atoms with Crippen LogP contribution in [0.25, 0.3) is 0 Å². The van der Waals surface area contributed by atoms with Crippen LogP contribution in [-0.2, 0) is 19.6 Å². The molecule has 0 bridgehead atoms. The van der Waals surface area contributed by atoms with Crippen LogP contribution in [0.1, 0.15) is 16.7 Å². The maximum absolute atomic E-state index is 12.8. The van der Waals surface area contributed by atoms with Gasteiger partial charge in [0.05, 0.1) is 0 Å². The minimum atomic E-state index is -0.0994. The van der Waals surface area contributed by atoms with Gasteiger partial charge in [0.25, 0.3) is 0 Å². The van der Waals surface area contributed by atoms with Gasteiger partial charge in [0, 0.05) is 24.7 Å². The van der Waals surface area contributed by atoms with Gasteiger partial charge in [-0.25, -0.2) is 4.79 Å². The Morgan fingerprint density at radius 3 is 1.85 bits per heavy atom. The number of rotatable bonds is 6. The molecule has 3 nitrogen and oxygen atoms in total. The third kappa shape index (κ3) is 5.36. The Balaban J connectivity index is 1.70. The maximum Gasteiger partial charge on any atom is 0.318 e. The van der Waals surface area contributed by atoms with Crippen LogP contribution in [0.4, 0.5) is 4.79 Å². The van der Waals surface area contributed by atoms with Crippen molar-refractivity contribution in [2.45, 2.75) is 19.6 Å². The monoisotopic (exact) mass is 364 g/mol. The molecule has 0 saturated carbocycles. The summed E-state index contributed by atoms with van der Waals surface area (Å²) in [5, 5.41) is 3.66. The summed E-state index contributed by atoms with van der Waals surface area (Å²) >= 11 is 6.01. The molecule has 1 N–H and O–H groups in total. The van der Waals surface area contributed by atoms with E-state index in [1.54, 1.807) is 0 Å². The van der Waals surface area contributed by atoms with E-state index in [9.17, 15) is 4.79 Å². The van der Waals surface area contributed by atoms with Gasteiger partial charge in [-0.1, -0.05) is 84.4 Å². The summed E-state index contributed by atoms with van der Waals surface area (Å²) in [5.41, 5.74) is 3.17. The van der Waals surface area contributed by atoms with E-state index >= 15 is 0 Å². The lowest BCUT2D eigenvalue weighted by molar-refractivity contribution is 0.192. The second kappa shape index (κ2) is 9.07. The molecule has 0 aliphatic heterocycles. The molecule has 0 spiro atoms. The van der Waals surface area contributed by atoms with Crippen molar-refractivity contribution in [2.75, 3.05) is 0 Å². The fourth-order valence-corrected chi connectivity index (χ4v) is 2.96. The molecule has 3 aromatic rings. The molecule has 0 aliphatic rings. The average Bonchev–Trinajstić information content (AvgIpc) is 2.67. The highest BCUT2D eigenvalue weighted by molar-refractivity contribution is 6.30. The largest absolute Gasteiger partial charge is 0.334 e. The second-order valence-electron chi connectivity index (χ2n) is 6.12. The molecule has 132 valence electrons. The number of benzene rings is 3. The first-order valence-electron chi connectivity index (χ1n) is 8.56. The molecular weight excluding hydrogens is 344 g/mol. The van der Waals surface area contributed by atoms with Gasteiger partial charge in [-0.3, -0.25) is 0 Å². The fourth-order valence-electron chi connectivity index (χ4n) is 2.74. The summed E-state index contributed by atoms with van der Waals surface area (Å²) in [5.74, 6) is 0. The molecule has 0 heterocycles. The molecule has 26 heavy (non-hydrogen) atoms. The number of hydrogen-bond acceptors (Lipinski definition) is 1. The van der Waals surface area contributed by atoms with Gasteiger partial charge < -0.3 is 10.2 Å². The zero-order chi connectivity index (χ0) is 18.2. The van der Waals surface area contributed by atoms with Crippen LogP contribution in [0.5, 0.6) is 0 Å². The lowest BCUT2D eigenvalue weighted by Gasteiger charge is -2.23. The van der Waals surface area contributed by atoms with Crippen molar-refractivity contribution in [2.24, 2.45) is 0 Å². The van der Waals surface area contributed by atoms with Gasteiger partial charge in [0.1, 0.15) is 0 Å². The van der Waals surface area contributed by atoms with Crippen molar-refractivity contribution in [1.29, 1.82) is 0 Å². The number of hydrogen-bond donors (Lipinski definition) is 1. The lowest BCUT2D eigenvalue weighted by atomic mass is 10.2. The molecule has 4 heteroatoms. The van der Waals surface area contributed by atoms with Crippen LogP contribution in [0, 0.1) is 0 Å². The first-order valence-corrected chi connectivity index (χ1v) is 8.93. The predicted molar refractivity (Wildman–Crippen MR) is 106 cm³/mol. The third-order valence-electron chi connectivity index (χ3n) is 4.05. The minimum absolute atomic E-state index is 0.0994. The van der Waals surface area contributed by atoms with Crippen LogP contribution >= 0.6 is 11.6 Å². The maximum atomic E-state index is 12.8. The molecule has 0 unspecified atom stereocenters. The van der Waals surface area contributed by atoms with E-state index in [1.165, 1.54) is 0 Å². The number of nitrogens with zero attached hydrogens (tertiary/aromatic N) is 1. The minimum Gasteiger partial charge on any atom is -0.334 e. The normalized spacial score (nSPS) is 10.3. The fraction of sp³-hybridized carbons (Fsp3) is 0.136. The topological polar surface area (TPSA) is 32.3 Å². The Morgan fingerprint density at radius 2 is 1.31 bits per heavy atom. The SMILES string of the molecule is O=C(NCc1cccc(Cl)c1)N(Cc1ccccc1)Cc1ccccc1. The molecule has 3 aromatic carbocycles. The molecule has 0 fully saturated rings. The predicted octanol–water partition coefficient (Wildman–Crippen LogP) is 5.25. The molecular formula is C22H21ClN2O. The lowest BCUT2D eigenvalue weighted by Crippen LogP contribution is -2.38. The van der Waals surface area contributed by atoms with Crippen LogP contribution < -0.4 is 5.32 Å². The summed E-state index contributed by atoms with van der Waals surface area (Å²) in [4.78, 5) is 14.6. The van der Waals surface area contributed by atoms with E-state index in [0.717, 1.165) is 16.7 Å². The number of carbonyl (C=O) groups excluding carboxylic acids is 1. The molecule has 0 aliphatic carbocycles. The quantitative estimate of drug-likeness (QED) is 0.636. The summed E-state index contributed by atoms with van der Waals surface area (Å²) < 4.78 is 0. The van der Waals surface area contributed by atoms with Crippen molar-refractivity contribution in [3.63, 3.8) is 0 Å². The number of carbonyl (C=O) groups is 1. The van der Waals surface area contributed by atoms with Crippen molar-refractivity contribution in [3.05, 3.63) is 107 Å². The Morgan fingerprint density at radius 1 is 0.769 bits per heavy atom.